The minimum absolute atomic E-state index is 0.0605. The van der Waals surface area contributed by atoms with Crippen LogP contribution in [0.5, 0.6) is 0 Å². The Morgan fingerprint density at radius 3 is 2.29 bits per heavy atom. The van der Waals surface area contributed by atoms with E-state index in [1.165, 1.54) is 28.6 Å². The molecule has 8 heteroatoms. The molecule has 1 fully saturated rings. The van der Waals surface area contributed by atoms with Crippen LogP contribution in [0.1, 0.15) is 57.3 Å². The van der Waals surface area contributed by atoms with Crippen molar-refractivity contribution >= 4 is 27.6 Å². The van der Waals surface area contributed by atoms with Crippen molar-refractivity contribution in [3.8, 4) is 0 Å². The molecule has 7 nitrogen and oxygen atoms in total. The van der Waals surface area contributed by atoms with Gasteiger partial charge in [-0.3, -0.25) is 4.31 Å². The lowest BCUT2D eigenvalue weighted by molar-refractivity contribution is -0.159. The first-order valence-corrected chi connectivity index (χ1v) is 13.6. The molecule has 3 atom stereocenters. The molecule has 0 heterocycles. The molecular weight excluding hydrogens is 466 g/mol. The Kier molecular flexibility index (Phi) is 8.94. The summed E-state index contributed by atoms with van der Waals surface area (Å²) < 4.78 is 38.3. The molecule has 3 rings (SSSR count). The van der Waals surface area contributed by atoms with Gasteiger partial charge in [-0.05, 0) is 73.9 Å². The fourth-order valence-electron chi connectivity index (χ4n) is 4.64. The van der Waals surface area contributed by atoms with Crippen LogP contribution in [-0.2, 0) is 24.3 Å². The van der Waals surface area contributed by atoms with Gasteiger partial charge in [-0.2, -0.15) is 0 Å². The van der Waals surface area contributed by atoms with Crippen LogP contribution >= 0.6 is 0 Å². The van der Waals surface area contributed by atoms with E-state index in [9.17, 15) is 18.0 Å². The van der Waals surface area contributed by atoms with Crippen molar-refractivity contribution in [1.29, 1.82) is 0 Å². The van der Waals surface area contributed by atoms with Crippen LogP contribution in [0.4, 0.5) is 5.69 Å². The van der Waals surface area contributed by atoms with Gasteiger partial charge in [0.05, 0.1) is 16.1 Å². The first-order valence-electron chi connectivity index (χ1n) is 12.2. The predicted octanol–water partition coefficient (Wildman–Crippen LogP) is 5.06. The normalized spacial score (nSPS) is 20.3. The van der Waals surface area contributed by atoms with Crippen molar-refractivity contribution in [3.05, 3.63) is 60.2 Å². The van der Waals surface area contributed by atoms with Gasteiger partial charge in [0.2, 0.25) is 0 Å². The summed E-state index contributed by atoms with van der Waals surface area (Å²) in [5, 5.41) is 0. The van der Waals surface area contributed by atoms with Crippen LogP contribution in [0, 0.1) is 17.8 Å². The summed E-state index contributed by atoms with van der Waals surface area (Å²) in [7, 11) is -3.80. The average Bonchev–Trinajstić information content (AvgIpc) is 2.83. The van der Waals surface area contributed by atoms with Gasteiger partial charge in [0.25, 0.3) is 10.0 Å². The van der Waals surface area contributed by atoms with Crippen molar-refractivity contribution in [2.45, 2.75) is 58.0 Å². The monoisotopic (exact) mass is 501 g/mol. The summed E-state index contributed by atoms with van der Waals surface area (Å²) in [5.74, 6) is -0.0739. The molecule has 1 saturated carbocycles. The molecule has 0 saturated heterocycles. The largest absolute Gasteiger partial charge is 0.460 e. The lowest BCUT2D eigenvalue weighted by Gasteiger charge is -2.36. The number of nitrogens with zero attached hydrogens (tertiary/aromatic N) is 1. The summed E-state index contributed by atoms with van der Waals surface area (Å²) in [6.45, 7) is 7.95. The molecule has 1 aliphatic carbocycles. The maximum absolute atomic E-state index is 13.1. The van der Waals surface area contributed by atoms with Crippen LogP contribution in [0.3, 0.4) is 0 Å². The zero-order valence-electron chi connectivity index (χ0n) is 20.8. The first-order chi connectivity index (χ1) is 16.6. The Bertz CT molecular complexity index is 1100. The highest BCUT2D eigenvalue weighted by Gasteiger charge is 2.33. The summed E-state index contributed by atoms with van der Waals surface area (Å²) in [6, 6.07) is 14.3. The number of anilines is 1. The topological polar surface area (TPSA) is 90.0 Å². The molecule has 3 unspecified atom stereocenters. The zero-order chi connectivity index (χ0) is 25.6. The van der Waals surface area contributed by atoms with Crippen molar-refractivity contribution in [1.82, 2.24) is 0 Å². The molecule has 0 amide bonds. The van der Waals surface area contributed by atoms with E-state index in [1.54, 1.807) is 31.2 Å². The second-order valence-corrected chi connectivity index (χ2v) is 11.3. The highest BCUT2D eigenvalue weighted by molar-refractivity contribution is 7.92. The van der Waals surface area contributed by atoms with Gasteiger partial charge in [-0.1, -0.05) is 45.4 Å². The predicted molar refractivity (Wildman–Crippen MR) is 135 cm³/mol. The minimum Gasteiger partial charge on any atom is -0.460 e. The van der Waals surface area contributed by atoms with Crippen molar-refractivity contribution < 1.29 is 27.5 Å². The van der Waals surface area contributed by atoms with Gasteiger partial charge in [-0.25, -0.2) is 18.0 Å². The number of esters is 2. The van der Waals surface area contributed by atoms with Crippen molar-refractivity contribution in [3.63, 3.8) is 0 Å². The molecular formula is C27H35NO6S. The third-order valence-corrected chi connectivity index (χ3v) is 8.49. The third-order valence-electron chi connectivity index (χ3n) is 6.57. The molecule has 35 heavy (non-hydrogen) atoms. The number of ether oxygens (including phenoxy) is 2. The number of benzene rings is 2. The molecule has 0 aliphatic heterocycles. The number of para-hydroxylation sites is 1. The van der Waals surface area contributed by atoms with Gasteiger partial charge in [0.15, 0.2) is 6.61 Å². The molecule has 0 N–H and O–H groups in total. The van der Waals surface area contributed by atoms with Gasteiger partial charge < -0.3 is 9.47 Å². The van der Waals surface area contributed by atoms with Crippen LogP contribution < -0.4 is 4.31 Å². The molecule has 0 bridgehead atoms. The first kappa shape index (κ1) is 26.7. The van der Waals surface area contributed by atoms with Gasteiger partial charge in [0, 0.05) is 6.54 Å². The van der Waals surface area contributed by atoms with Crippen molar-refractivity contribution in [2.24, 2.45) is 17.8 Å². The SMILES string of the molecule is CCN(c1ccccc1)S(=O)(=O)c1ccc(C(=O)OCC(=O)OC2CC(C)CCC2C(C)C)cc1. The fourth-order valence-corrected chi connectivity index (χ4v) is 6.11. The smallest absolute Gasteiger partial charge is 0.344 e. The van der Waals surface area contributed by atoms with E-state index in [0.29, 0.717) is 23.4 Å². The van der Waals surface area contributed by atoms with Crippen molar-refractivity contribution in [2.75, 3.05) is 17.5 Å². The standard InChI is InChI=1S/C27H35NO6S/c1-5-28(22-9-7-6-8-10-22)35(31,32)23-14-12-21(13-15-23)27(30)33-18-26(29)34-25-17-20(4)11-16-24(25)19(2)3/h6-10,12-15,19-20,24-25H,5,11,16-18H2,1-4H3. The van der Waals surface area contributed by atoms with E-state index in [4.69, 9.17) is 9.47 Å². The molecule has 0 spiro atoms. The van der Waals surface area contributed by atoms with E-state index in [2.05, 4.69) is 20.8 Å². The molecule has 0 aromatic heterocycles. The maximum Gasteiger partial charge on any atom is 0.344 e. The van der Waals surface area contributed by atoms with Gasteiger partial charge >= 0.3 is 11.9 Å². The quantitative estimate of drug-likeness (QED) is 0.446. The van der Waals surface area contributed by atoms with E-state index in [-0.39, 0.29) is 23.1 Å². The third kappa shape index (κ3) is 6.63. The lowest BCUT2D eigenvalue weighted by Crippen LogP contribution is -2.36. The molecule has 0 radical (unpaired) electrons. The highest BCUT2D eigenvalue weighted by atomic mass is 32.2. The highest BCUT2D eigenvalue weighted by Crippen LogP contribution is 2.35. The summed E-state index contributed by atoms with van der Waals surface area (Å²) in [4.78, 5) is 24.9. The molecule has 1 aliphatic rings. The Morgan fingerprint density at radius 2 is 1.69 bits per heavy atom. The Morgan fingerprint density at radius 1 is 1.03 bits per heavy atom. The second kappa shape index (κ2) is 11.7. The number of sulfonamides is 1. The fraction of sp³-hybridized carbons (Fsp3) is 0.481. The molecule has 2 aromatic rings. The zero-order valence-corrected chi connectivity index (χ0v) is 21.7. The van der Waals surface area contributed by atoms with Gasteiger partial charge in [-0.15, -0.1) is 0 Å². The summed E-state index contributed by atoms with van der Waals surface area (Å²) in [5.41, 5.74) is 0.718. The number of carbonyl (C=O) groups excluding carboxylic acids is 2. The van der Waals surface area contributed by atoms with E-state index in [1.807, 2.05) is 6.07 Å². The molecule has 190 valence electrons. The maximum atomic E-state index is 13.1. The van der Waals surface area contributed by atoms with Crippen LogP contribution in [0.2, 0.25) is 0 Å². The lowest BCUT2D eigenvalue weighted by atomic mass is 9.75. The van der Waals surface area contributed by atoms with E-state index < -0.39 is 28.6 Å². The number of hydrogen-bond acceptors (Lipinski definition) is 6. The minimum atomic E-state index is -3.80. The Balaban J connectivity index is 1.60. The van der Waals surface area contributed by atoms with E-state index in [0.717, 1.165) is 19.3 Å². The Labute approximate surface area is 208 Å². The summed E-state index contributed by atoms with van der Waals surface area (Å²) in [6.07, 6.45) is 2.79. The average molecular weight is 502 g/mol. The Hall–Kier alpha value is -2.87. The van der Waals surface area contributed by atoms with E-state index >= 15 is 0 Å². The number of carbonyl (C=O) groups is 2. The van der Waals surface area contributed by atoms with Crippen LogP contribution in [-0.4, -0.2) is 39.6 Å². The van der Waals surface area contributed by atoms with Crippen LogP contribution in [0.25, 0.3) is 0 Å². The molecule has 2 aromatic carbocycles. The summed E-state index contributed by atoms with van der Waals surface area (Å²) >= 11 is 0. The number of hydrogen-bond donors (Lipinski definition) is 0. The number of rotatable bonds is 9. The van der Waals surface area contributed by atoms with Gasteiger partial charge in [0.1, 0.15) is 6.10 Å². The van der Waals surface area contributed by atoms with Crippen LogP contribution in [0.15, 0.2) is 59.5 Å². The second-order valence-electron chi connectivity index (χ2n) is 9.46.